The normalized spacial score (nSPS) is 23.6. The van der Waals surface area contributed by atoms with Crippen LogP contribution in [-0.4, -0.2) is 54.0 Å². The summed E-state index contributed by atoms with van der Waals surface area (Å²) < 4.78 is 0. The number of aromatic hydroxyl groups is 1. The summed E-state index contributed by atoms with van der Waals surface area (Å²) in [4.78, 5) is 35.7. The fraction of sp³-hybridized carbons (Fsp3) is 0.214. The molecule has 12 heteroatoms. The molecule has 4 aliphatic rings. The number of carbonyl (C=O) groups excluding carboxylic acids is 1. The van der Waals surface area contributed by atoms with E-state index >= 15 is 0 Å². The second kappa shape index (κ2) is 10.2. The number of thiazole rings is 1. The Bertz CT molecular complexity index is 1760. The molecule has 4 aliphatic heterocycles. The molecular formula is C28H20N4O2S6. The molecule has 200 valence electrons. The minimum absolute atomic E-state index is 0.0185. The predicted molar refractivity (Wildman–Crippen MR) is 174 cm³/mol. The molecule has 0 saturated carbocycles. The third kappa shape index (κ3) is 4.31. The number of amides is 1. The molecule has 3 unspecified atom stereocenters. The number of nitrogens with zero attached hydrogens (tertiary/aromatic N) is 3. The van der Waals surface area contributed by atoms with Crippen LogP contribution in [0.15, 0.2) is 68.3 Å². The van der Waals surface area contributed by atoms with Crippen molar-refractivity contribution in [1.29, 1.82) is 0 Å². The highest BCUT2D eigenvalue weighted by Crippen LogP contribution is 2.47. The van der Waals surface area contributed by atoms with E-state index in [1.807, 2.05) is 23.5 Å². The number of carbonyl (C=O) groups is 1. The van der Waals surface area contributed by atoms with Crippen LogP contribution in [0, 0.1) is 0 Å². The van der Waals surface area contributed by atoms with Crippen molar-refractivity contribution in [1.82, 2.24) is 9.97 Å². The Hall–Kier alpha value is -2.35. The van der Waals surface area contributed by atoms with Crippen molar-refractivity contribution in [3.63, 3.8) is 0 Å². The summed E-state index contributed by atoms with van der Waals surface area (Å²) in [6, 6.07) is 8.38. The number of thioether (sulfide) groups is 3. The third-order valence-electron chi connectivity index (χ3n) is 7.12. The minimum Gasteiger partial charge on any atom is -0.494 e. The van der Waals surface area contributed by atoms with Crippen LogP contribution in [-0.2, 0) is 0 Å². The van der Waals surface area contributed by atoms with Crippen LogP contribution in [0.5, 0.6) is 5.88 Å². The smallest absolute Gasteiger partial charge is 0.280 e. The Labute approximate surface area is 254 Å². The van der Waals surface area contributed by atoms with Crippen LogP contribution in [0.1, 0.15) is 28.8 Å². The lowest BCUT2D eigenvalue weighted by molar-refractivity contribution is 0.101. The van der Waals surface area contributed by atoms with Gasteiger partial charge in [-0.2, -0.15) is 0 Å². The van der Waals surface area contributed by atoms with Crippen molar-refractivity contribution in [2.24, 2.45) is 9.98 Å². The average Bonchev–Trinajstić information content (AvgIpc) is 3.82. The van der Waals surface area contributed by atoms with Crippen molar-refractivity contribution in [3.8, 4) is 36.1 Å². The van der Waals surface area contributed by atoms with Gasteiger partial charge >= 0.3 is 0 Å². The molecule has 40 heavy (non-hydrogen) atoms. The SMILES string of the molecule is O=C1N=C(C2CN=C(C3=CCC(C4CC=CS4)S3)S2)c2c(O)[nH]c(-c3cnc(-c4ccc(-c5cccs5)s4)s3)c21. The highest BCUT2D eigenvalue weighted by atomic mass is 32.2. The quantitative estimate of drug-likeness (QED) is 0.222. The zero-order valence-corrected chi connectivity index (χ0v) is 25.6. The van der Waals surface area contributed by atoms with Crippen LogP contribution in [0.4, 0.5) is 0 Å². The number of H-pyrrole nitrogens is 1. The van der Waals surface area contributed by atoms with Gasteiger partial charge in [0.2, 0.25) is 0 Å². The van der Waals surface area contributed by atoms with Gasteiger partial charge in [0.15, 0.2) is 5.88 Å². The van der Waals surface area contributed by atoms with E-state index in [9.17, 15) is 9.90 Å². The molecule has 0 aromatic carbocycles. The number of nitrogens with one attached hydrogen (secondary N) is 1. The van der Waals surface area contributed by atoms with Crippen molar-refractivity contribution in [2.45, 2.75) is 28.6 Å². The Kier molecular flexibility index (Phi) is 6.45. The van der Waals surface area contributed by atoms with Crippen molar-refractivity contribution in [3.05, 3.63) is 69.4 Å². The molecule has 0 saturated heterocycles. The van der Waals surface area contributed by atoms with Gasteiger partial charge in [-0.1, -0.05) is 30.0 Å². The Morgan fingerprint density at radius 2 is 1.90 bits per heavy atom. The number of allylic oxidation sites excluding steroid dienone is 2. The number of aliphatic imine (C=N–C) groups is 2. The first-order valence-corrected chi connectivity index (χ1v) is 17.9. The zero-order valence-electron chi connectivity index (χ0n) is 20.7. The predicted octanol–water partition coefficient (Wildman–Crippen LogP) is 8.17. The van der Waals surface area contributed by atoms with Crippen molar-refractivity contribution >= 4 is 86.0 Å². The molecule has 3 atom stereocenters. The largest absolute Gasteiger partial charge is 0.494 e. The number of thiophene rings is 2. The van der Waals surface area contributed by atoms with E-state index in [1.165, 1.54) is 26.0 Å². The maximum absolute atomic E-state index is 13.2. The number of aromatic amines is 1. The van der Waals surface area contributed by atoms with Gasteiger partial charge in [-0.05, 0) is 41.8 Å². The lowest BCUT2D eigenvalue weighted by Gasteiger charge is -2.16. The first-order valence-electron chi connectivity index (χ1n) is 12.7. The molecule has 0 spiro atoms. The van der Waals surface area contributed by atoms with Gasteiger partial charge in [0, 0.05) is 31.4 Å². The third-order valence-corrected chi connectivity index (χ3v) is 14.6. The van der Waals surface area contributed by atoms with Crippen molar-refractivity contribution < 1.29 is 9.90 Å². The maximum Gasteiger partial charge on any atom is 0.280 e. The first kappa shape index (κ1) is 25.4. The van der Waals surface area contributed by atoms with Gasteiger partial charge < -0.3 is 10.1 Å². The average molecular weight is 637 g/mol. The Morgan fingerprint density at radius 3 is 2.75 bits per heavy atom. The van der Waals surface area contributed by atoms with Crippen LogP contribution in [0.3, 0.4) is 0 Å². The number of hydrogen-bond donors (Lipinski definition) is 2. The second-order valence-electron chi connectivity index (χ2n) is 9.57. The molecule has 8 heterocycles. The number of hydrogen-bond acceptors (Lipinski definition) is 10. The molecule has 0 bridgehead atoms. The lowest BCUT2D eigenvalue weighted by atomic mass is 10.1. The Morgan fingerprint density at radius 1 is 0.975 bits per heavy atom. The van der Waals surface area contributed by atoms with Gasteiger partial charge in [0.05, 0.1) is 44.1 Å². The summed E-state index contributed by atoms with van der Waals surface area (Å²) in [7, 11) is 0. The van der Waals surface area contributed by atoms with E-state index < -0.39 is 0 Å². The number of fused-ring (bicyclic) bond motifs is 1. The summed E-state index contributed by atoms with van der Waals surface area (Å²) in [5, 5.41) is 18.3. The first-order chi connectivity index (χ1) is 19.6. The fourth-order valence-corrected chi connectivity index (χ4v) is 11.8. The Balaban J connectivity index is 1.01. The molecule has 4 aromatic rings. The fourth-order valence-electron chi connectivity index (χ4n) is 5.24. The highest BCUT2D eigenvalue weighted by molar-refractivity contribution is 8.19. The van der Waals surface area contributed by atoms with Gasteiger partial charge in [0.25, 0.3) is 5.91 Å². The lowest BCUT2D eigenvalue weighted by Crippen LogP contribution is -2.18. The van der Waals surface area contributed by atoms with Gasteiger partial charge in [-0.25, -0.2) is 9.98 Å². The summed E-state index contributed by atoms with van der Waals surface area (Å²) in [5.41, 5.74) is 2.14. The molecule has 6 nitrogen and oxygen atoms in total. The molecule has 0 radical (unpaired) electrons. The highest BCUT2D eigenvalue weighted by Gasteiger charge is 2.40. The standard InChI is InChI=1S/C28H20N4O2S6/c33-25-21-22(24(32-25)20-12-30-28(40-20)18-8-6-16(38-18)14-4-2-10-36-14)26(34)31-23(21)19-11-29-27(39-19)17-7-5-15(37-17)13-3-1-9-35-13/h1-3,5,7-11,14,16,20,31,34H,4,6,12H2. The maximum atomic E-state index is 13.2. The van der Waals surface area contributed by atoms with Crippen LogP contribution in [0.2, 0.25) is 0 Å². The number of rotatable bonds is 6. The van der Waals surface area contributed by atoms with Crippen molar-refractivity contribution in [2.75, 3.05) is 6.54 Å². The molecule has 4 aromatic heterocycles. The molecule has 0 aliphatic carbocycles. The molecule has 2 N–H and O–H groups in total. The molecule has 1 amide bonds. The van der Waals surface area contributed by atoms with Crippen LogP contribution >= 0.6 is 69.3 Å². The van der Waals surface area contributed by atoms with Crippen LogP contribution < -0.4 is 0 Å². The van der Waals surface area contributed by atoms with Gasteiger partial charge in [-0.15, -0.1) is 57.5 Å². The van der Waals surface area contributed by atoms with E-state index in [4.69, 9.17) is 4.99 Å². The van der Waals surface area contributed by atoms with Crippen LogP contribution in [0.25, 0.3) is 30.2 Å². The minimum atomic E-state index is -0.322. The van der Waals surface area contributed by atoms with E-state index in [-0.39, 0.29) is 17.0 Å². The summed E-state index contributed by atoms with van der Waals surface area (Å²) in [6.45, 7) is 0.545. The molecule has 8 rings (SSSR count). The summed E-state index contributed by atoms with van der Waals surface area (Å²) in [5.74, 6) is -0.341. The van der Waals surface area contributed by atoms with E-state index in [1.54, 1.807) is 40.6 Å². The van der Waals surface area contributed by atoms with Gasteiger partial charge in [0.1, 0.15) is 10.1 Å². The summed E-state index contributed by atoms with van der Waals surface area (Å²) >= 11 is 10.4. The summed E-state index contributed by atoms with van der Waals surface area (Å²) in [6.07, 6.45) is 8.53. The second-order valence-corrected chi connectivity index (χ2v) is 16.3. The molecule has 0 fully saturated rings. The van der Waals surface area contributed by atoms with E-state index in [0.717, 1.165) is 32.6 Å². The zero-order chi connectivity index (χ0) is 26.8. The topological polar surface area (TPSA) is 90.7 Å². The monoisotopic (exact) mass is 636 g/mol. The number of aromatic nitrogens is 2. The van der Waals surface area contributed by atoms with E-state index in [0.29, 0.717) is 39.6 Å². The molecular weight excluding hydrogens is 617 g/mol. The van der Waals surface area contributed by atoms with Gasteiger partial charge in [-0.3, -0.25) is 9.79 Å². The van der Waals surface area contributed by atoms with E-state index in [2.05, 4.69) is 62.2 Å².